The summed E-state index contributed by atoms with van der Waals surface area (Å²) in [6, 6.07) is 23.1. The van der Waals surface area contributed by atoms with Gasteiger partial charge in [-0.2, -0.15) is 0 Å². The second-order valence-electron chi connectivity index (χ2n) is 4.88. The van der Waals surface area contributed by atoms with Gasteiger partial charge in [-0.3, -0.25) is 0 Å². The minimum Gasteiger partial charge on any atom is -0.422 e. The fourth-order valence-corrected chi connectivity index (χ4v) is 3.24. The summed E-state index contributed by atoms with van der Waals surface area (Å²) in [6.45, 7) is 0. The molecule has 0 fully saturated rings. The monoisotopic (exact) mass is 478 g/mol. The number of hydrogen-bond donors (Lipinski definition) is 0. The van der Waals surface area contributed by atoms with E-state index in [9.17, 15) is 4.79 Å². The van der Waals surface area contributed by atoms with E-state index in [2.05, 4.69) is 38.5 Å². The maximum atomic E-state index is 12.3. The third-order valence-corrected chi connectivity index (χ3v) is 4.90. The van der Waals surface area contributed by atoms with Crippen molar-refractivity contribution in [1.82, 2.24) is 0 Å². The van der Waals surface area contributed by atoms with E-state index in [1.165, 1.54) is 0 Å². The van der Waals surface area contributed by atoms with Gasteiger partial charge < -0.3 is 4.74 Å². The van der Waals surface area contributed by atoms with E-state index in [0.29, 0.717) is 11.3 Å². The van der Waals surface area contributed by atoms with Crippen LogP contribution in [0.2, 0.25) is 0 Å². The molecular weight excluding hydrogens is 467 g/mol. The highest BCUT2D eigenvalue weighted by molar-refractivity contribution is 14.1. The van der Waals surface area contributed by atoms with Crippen LogP contribution in [-0.4, -0.2) is 5.97 Å². The molecule has 0 bridgehead atoms. The SMILES string of the molecule is O=C(Oc1ccc(-c2ccccc2)cc1Br)c1ccccc1I. The number of esters is 1. The average Bonchev–Trinajstić information content (AvgIpc) is 2.58. The van der Waals surface area contributed by atoms with E-state index in [4.69, 9.17) is 4.74 Å². The van der Waals surface area contributed by atoms with E-state index in [-0.39, 0.29) is 5.97 Å². The van der Waals surface area contributed by atoms with Crippen LogP contribution in [0.3, 0.4) is 0 Å². The van der Waals surface area contributed by atoms with Crippen LogP contribution in [0.4, 0.5) is 0 Å². The van der Waals surface area contributed by atoms with Crippen LogP contribution < -0.4 is 4.74 Å². The quantitative estimate of drug-likeness (QED) is 0.264. The molecule has 3 aromatic rings. The lowest BCUT2D eigenvalue weighted by atomic mass is 10.1. The number of hydrogen-bond acceptors (Lipinski definition) is 2. The Balaban J connectivity index is 1.85. The molecule has 2 nitrogen and oxygen atoms in total. The maximum absolute atomic E-state index is 12.3. The van der Waals surface area contributed by atoms with Gasteiger partial charge in [-0.25, -0.2) is 4.79 Å². The summed E-state index contributed by atoms with van der Waals surface area (Å²) in [5.41, 5.74) is 2.74. The van der Waals surface area contributed by atoms with E-state index in [1.54, 1.807) is 12.1 Å². The molecule has 0 atom stereocenters. The van der Waals surface area contributed by atoms with Gasteiger partial charge in [-0.15, -0.1) is 0 Å². The smallest absolute Gasteiger partial charge is 0.344 e. The van der Waals surface area contributed by atoms with Gasteiger partial charge in [0, 0.05) is 3.57 Å². The van der Waals surface area contributed by atoms with Crippen molar-refractivity contribution >= 4 is 44.5 Å². The zero-order chi connectivity index (χ0) is 16.2. The van der Waals surface area contributed by atoms with Crippen molar-refractivity contribution in [1.29, 1.82) is 0 Å². The third kappa shape index (κ3) is 3.82. The van der Waals surface area contributed by atoms with Crippen LogP contribution >= 0.6 is 38.5 Å². The second-order valence-corrected chi connectivity index (χ2v) is 6.90. The van der Waals surface area contributed by atoms with Crippen molar-refractivity contribution in [2.24, 2.45) is 0 Å². The molecule has 0 unspecified atom stereocenters. The van der Waals surface area contributed by atoms with Gasteiger partial charge in [0.15, 0.2) is 0 Å². The van der Waals surface area contributed by atoms with Crippen molar-refractivity contribution in [3.05, 3.63) is 86.4 Å². The number of rotatable bonds is 3. The Morgan fingerprint density at radius 1 is 0.870 bits per heavy atom. The highest BCUT2D eigenvalue weighted by Gasteiger charge is 2.14. The lowest BCUT2D eigenvalue weighted by Crippen LogP contribution is -2.10. The highest BCUT2D eigenvalue weighted by Crippen LogP contribution is 2.31. The zero-order valence-electron chi connectivity index (χ0n) is 12.0. The molecular formula is C19H12BrIO2. The van der Waals surface area contributed by atoms with Gasteiger partial charge in [0.2, 0.25) is 0 Å². The van der Waals surface area contributed by atoms with Crippen LogP contribution in [-0.2, 0) is 0 Å². The normalized spacial score (nSPS) is 10.3. The van der Waals surface area contributed by atoms with Gasteiger partial charge in [-0.1, -0.05) is 48.5 Å². The highest BCUT2D eigenvalue weighted by atomic mass is 127. The van der Waals surface area contributed by atoms with Crippen molar-refractivity contribution < 1.29 is 9.53 Å². The van der Waals surface area contributed by atoms with Crippen molar-refractivity contribution in [2.75, 3.05) is 0 Å². The molecule has 0 N–H and O–H groups in total. The summed E-state index contributed by atoms with van der Waals surface area (Å²) in [7, 11) is 0. The molecule has 3 aromatic carbocycles. The third-order valence-electron chi connectivity index (χ3n) is 3.34. The molecule has 0 radical (unpaired) electrons. The van der Waals surface area contributed by atoms with Crippen LogP contribution in [0.25, 0.3) is 11.1 Å². The number of carbonyl (C=O) groups is 1. The van der Waals surface area contributed by atoms with E-state index in [1.807, 2.05) is 60.7 Å². The van der Waals surface area contributed by atoms with Gasteiger partial charge >= 0.3 is 5.97 Å². The molecule has 3 rings (SSSR count). The summed E-state index contributed by atoms with van der Waals surface area (Å²) < 4.78 is 7.13. The second kappa shape index (κ2) is 7.27. The fourth-order valence-electron chi connectivity index (χ4n) is 2.18. The molecule has 23 heavy (non-hydrogen) atoms. The predicted octanol–water partition coefficient (Wildman–Crippen LogP) is 5.94. The van der Waals surface area contributed by atoms with Crippen LogP contribution in [0.15, 0.2) is 77.3 Å². The Morgan fingerprint density at radius 3 is 2.26 bits per heavy atom. The Labute approximate surface area is 156 Å². The summed E-state index contributed by atoms with van der Waals surface area (Å²) in [5, 5.41) is 0. The number of halogens is 2. The molecule has 0 aliphatic rings. The molecule has 0 saturated heterocycles. The molecule has 0 spiro atoms. The van der Waals surface area contributed by atoms with Gasteiger partial charge in [-0.05, 0) is 73.9 Å². The van der Waals surface area contributed by atoms with Gasteiger partial charge in [0.1, 0.15) is 5.75 Å². The number of carbonyl (C=O) groups excluding carboxylic acids is 1. The Hall–Kier alpha value is -1.66. The van der Waals surface area contributed by atoms with Crippen LogP contribution in [0, 0.1) is 3.57 Å². The zero-order valence-corrected chi connectivity index (χ0v) is 15.7. The largest absolute Gasteiger partial charge is 0.422 e. The number of ether oxygens (including phenoxy) is 1. The lowest BCUT2D eigenvalue weighted by molar-refractivity contribution is 0.0732. The molecule has 114 valence electrons. The molecule has 0 saturated carbocycles. The van der Waals surface area contributed by atoms with Gasteiger partial charge in [0.25, 0.3) is 0 Å². The summed E-state index contributed by atoms with van der Waals surface area (Å²) in [5.74, 6) is 0.150. The maximum Gasteiger partial charge on any atom is 0.344 e. The van der Waals surface area contributed by atoms with E-state index < -0.39 is 0 Å². The summed E-state index contributed by atoms with van der Waals surface area (Å²) in [6.07, 6.45) is 0. The molecule has 0 aliphatic heterocycles. The predicted molar refractivity (Wildman–Crippen MR) is 104 cm³/mol. The van der Waals surface area contributed by atoms with Crippen LogP contribution in [0.5, 0.6) is 5.75 Å². The molecule has 0 heterocycles. The lowest BCUT2D eigenvalue weighted by Gasteiger charge is -2.09. The minimum absolute atomic E-state index is 0.358. The number of benzene rings is 3. The van der Waals surface area contributed by atoms with Crippen molar-refractivity contribution in [3.8, 4) is 16.9 Å². The van der Waals surface area contributed by atoms with Crippen molar-refractivity contribution in [3.63, 3.8) is 0 Å². The first-order valence-corrected chi connectivity index (χ1v) is 8.84. The van der Waals surface area contributed by atoms with Crippen LogP contribution in [0.1, 0.15) is 10.4 Å². The van der Waals surface area contributed by atoms with E-state index >= 15 is 0 Å². The Bertz CT molecular complexity index is 847. The standard InChI is InChI=1S/C19H12BrIO2/c20-16-12-14(13-6-2-1-3-7-13)10-11-18(16)23-19(22)15-8-4-5-9-17(15)21/h1-12H. The molecule has 4 heteroatoms. The molecule has 0 aliphatic carbocycles. The minimum atomic E-state index is -0.358. The first-order valence-electron chi connectivity index (χ1n) is 6.97. The Morgan fingerprint density at radius 2 is 1.57 bits per heavy atom. The van der Waals surface area contributed by atoms with E-state index in [0.717, 1.165) is 19.2 Å². The molecule has 0 amide bonds. The van der Waals surface area contributed by atoms with Gasteiger partial charge in [0.05, 0.1) is 10.0 Å². The topological polar surface area (TPSA) is 26.3 Å². The average molecular weight is 479 g/mol. The summed E-state index contributed by atoms with van der Waals surface area (Å²) >= 11 is 5.61. The summed E-state index contributed by atoms with van der Waals surface area (Å²) in [4.78, 5) is 12.3. The Kier molecular flexibility index (Phi) is 5.13. The van der Waals surface area contributed by atoms with Crippen molar-refractivity contribution in [2.45, 2.75) is 0 Å². The first-order chi connectivity index (χ1) is 11.1. The molecule has 0 aromatic heterocycles. The first kappa shape index (κ1) is 16.2. The fraction of sp³-hybridized carbons (Fsp3) is 0.